The molecule has 4 heteroatoms. The molecule has 108 valence electrons. The predicted molar refractivity (Wildman–Crippen MR) is 86.3 cm³/mol. The van der Waals surface area contributed by atoms with Crippen LogP contribution in [0, 0.1) is 6.92 Å². The molecule has 3 nitrogen and oxygen atoms in total. The molecule has 0 atom stereocenters. The number of ketones is 1. The topological polar surface area (TPSA) is 38.3 Å². The van der Waals surface area contributed by atoms with E-state index in [9.17, 15) is 4.79 Å². The average Bonchev–Trinajstić information content (AvgIpc) is 2.51. The molecule has 0 aliphatic carbocycles. The summed E-state index contributed by atoms with van der Waals surface area (Å²) in [5, 5.41) is 3.72. The third-order valence-corrected chi connectivity index (χ3v) is 3.44. The van der Waals surface area contributed by atoms with Gasteiger partial charge in [0.15, 0.2) is 5.78 Å². The van der Waals surface area contributed by atoms with Crippen LogP contribution in [-0.2, 0) is 0 Å². The molecule has 21 heavy (non-hydrogen) atoms. The molecule has 0 aliphatic rings. The Bertz CT molecular complexity index is 663. The zero-order chi connectivity index (χ0) is 15.2. The Morgan fingerprint density at radius 2 is 1.90 bits per heavy atom. The van der Waals surface area contributed by atoms with Crippen molar-refractivity contribution in [2.75, 3.05) is 12.4 Å². The van der Waals surface area contributed by atoms with Gasteiger partial charge in [-0.3, -0.25) is 4.79 Å². The smallest absolute Gasteiger partial charge is 0.187 e. The molecule has 0 fully saturated rings. The fourth-order valence-corrected chi connectivity index (χ4v) is 1.93. The molecule has 2 aromatic carbocycles. The molecular formula is C17H16ClNO2. The lowest BCUT2D eigenvalue weighted by atomic mass is 10.1. The van der Waals surface area contributed by atoms with Gasteiger partial charge in [0.1, 0.15) is 5.75 Å². The minimum absolute atomic E-state index is 0.0802. The highest BCUT2D eigenvalue weighted by molar-refractivity contribution is 6.31. The van der Waals surface area contributed by atoms with Gasteiger partial charge in [-0.15, -0.1) is 0 Å². The van der Waals surface area contributed by atoms with Crippen molar-refractivity contribution in [2.24, 2.45) is 0 Å². The van der Waals surface area contributed by atoms with Crippen molar-refractivity contribution in [1.29, 1.82) is 0 Å². The number of carbonyl (C=O) groups excluding carboxylic acids is 1. The van der Waals surface area contributed by atoms with Crippen LogP contribution in [0.1, 0.15) is 15.9 Å². The van der Waals surface area contributed by atoms with Gasteiger partial charge in [-0.25, -0.2) is 0 Å². The first-order valence-corrected chi connectivity index (χ1v) is 6.85. The number of rotatable bonds is 5. The lowest BCUT2D eigenvalue weighted by molar-refractivity contribution is 0.104. The number of ether oxygens (including phenoxy) is 1. The van der Waals surface area contributed by atoms with Gasteiger partial charge in [0.2, 0.25) is 0 Å². The molecule has 0 radical (unpaired) electrons. The van der Waals surface area contributed by atoms with E-state index in [1.54, 1.807) is 37.6 Å². The van der Waals surface area contributed by atoms with Crippen LogP contribution in [0.3, 0.4) is 0 Å². The average molecular weight is 302 g/mol. The van der Waals surface area contributed by atoms with Gasteiger partial charge in [0.25, 0.3) is 0 Å². The summed E-state index contributed by atoms with van der Waals surface area (Å²) in [7, 11) is 1.59. The van der Waals surface area contributed by atoms with Crippen LogP contribution < -0.4 is 10.1 Å². The number of hydrogen-bond donors (Lipinski definition) is 1. The lowest BCUT2D eigenvalue weighted by Gasteiger charge is -2.03. The lowest BCUT2D eigenvalue weighted by Crippen LogP contribution is -1.96. The highest BCUT2D eigenvalue weighted by atomic mass is 35.5. The predicted octanol–water partition coefficient (Wildman–Crippen LogP) is 4.47. The van der Waals surface area contributed by atoms with E-state index >= 15 is 0 Å². The van der Waals surface area contributed by atoms with Crippen molar-refractivity contribution >= 4 is 23.1 Å². The van der Waals surface area contributed by atoms with E-state index in [-0.39, 0.29) is 5.78 Å². The van der Waals surface area contributed by atoms with Gasteiger partial charge in [-0.1, -0.05) is 17.7 Å². The number of hydrogen-bond acceptors (Lipinski definition) is 3. The summed E-state index contributed by atoms with van der Waals surface area (Å²) >= 11 is 6.04. The number of allylic oxidation sites excluding steroid dienone is 1. The van der Waals surface area contributed by atoms with Crippen LogP contribution in [0.2, 0.25) is 5.02 Å². The van der Waals surface area contributed by atoms with Crippen LogP contribution in [0.15, 0.2) is 54.7 Å². The molecule has 0 amide bonds. The third kappa shape index (κ3) is 4.10. The van der Waals surface area contributed by atoms with Crippen LogP contribution in [0.4, 0.5) is 5.69 Å². The van der Waals surface area contributed by atoms with Crippen LogP contribution in [0.5, 0.6) is 5.75 Å². The summed E-state index contributed by atoms with van der Waals surface area (Å²) in [4.78, 5) is 12.0. The zero-order valence-electron chi connectivity index (χ0n) is 11.9. The minimum Gasteiger partial charge on any atom is -0.497 e. The van der Waals surface area contributed by atoms with Crippen molar-refractivity contribution in [3.05, 3.63) is 70.9 Å². The summed E-state index contributed by atoms with van der Waals surface area (Å²) in [5.41, 5.74) is 2.46. The molecule has 2 rings (SSSR count). The Balaban J connectivity index is 1.99. The Kier molecular flexibility index (Phi) is 5.01. The second-order valence-electron chi connectivity index (χ2n) is 4.53. The Morgan fingerprint density at radius 3 is 2.52 bits per heavy atom. The minimum atomic E-state index is -0.0802. The second-order valence-corrected chi connectivity index (χ2v) is 4.94. The summed E-state index contributed by atoms with van der Waals surface area (Å²) in [6.07, 6.45) is 3.09. The number of carbonyl (C=O) groups is 1. The molecule has 0 saturated heterocycles. The molecule has 0 aliphatic heterocycles. The van der Waals surface area contributed by atoms with Crippen LogP contribution >= 0.6 is 11.6 Å². The highest BCUT2D eigenvalue weighted by Crippen LogP contribution is 2.20. The van der Waals surface area contributed by atoms with E-state index in [1.165, 1.54) is 6.08 Å². The van der Waals surface area contributed by atoms with Gasteiger partial charge in [0.05, 0.1) is 7.11 Å². The maximum absolute atomic E-state index is 12.0. The highest BCUT2D eigenvalue weighted by Gasteiger charge is 2.01. The monoisotopic (exact) mass is 301 g/mol. The standard InChI is InChI=1S/C17H16ClNO2/c1-12-3-6-14(11-16(12)18)19-10-9-17(20)13-4-7-15(21-2)8-5-13/h3-11,19H,1-2H3/b10-9+. The van der Waals surface area contributed by atoms with E-state index in [0.717, 1.165) is 17.0 Å². The molecule has 0 heterocycles. The Labute approximate surface area is 129 Å². The summed E-state index contributed by atoms with van der Waals surface area (Å²) < 4.78 is 5.05. The van der Waals surface area contributed by atoms with Gasteiger partial charge >= 0.3 is 0 Å². The third-order valence-electron chi connectivity index (χ3n) is 3.03. The molecule has 0 bridgehead atoms. The van der Waals surface area contributed by atoms with E-state index in [4.69, 9.17) is 16.3 Å². The summed E-state index contributed by atoms with van der Waals surface area (Å²) in [6, 6.07) is 12.6. The summed E-state index contributed by atoms with van der Waals surface area (Å²) in [5.74, 6) is 0.645. The molecule has 0 unspecified atom stereocenters. The Hall–Kier alpha value is -2.26. The number of halogens is 1. The van der Waals surface area contributed by atoms with Crippen molar-refractivity contribution < 1.29 is 9.53 Å². The van der Waals surface area contributed by atoms with Gasteiger partial charge in [0, 0.05) is 28.5 Å². The van der Waals surface area contributed by atoms with E-state index < -0.39 is 0 Å². The zero-order valence-corrected chi connectivity index (χ0v) is 12.6. The number of nitrogens with one attached hydrogen (secondary N) is 1. The Morgan fingerprint density at radius 1 is 1.19 bits per heavy atom. The number of aryl methyl sites for hydroxylation is 1. The number of anilines is 1. The first kappa shape index (κ1) is 15.1. The number of benzene rings is 2. The normalized spacial score (nSPS) is 10.6. The SMILES string of the molecule is COc1ccc(C(=O)/C=C/Nc2ccc(C)c(Cl)c2)cc1. The quantitative estimate of drug-likeness (QED) is 0.654. The second kappa shape index (κ2) is 6.95. The fraction of sp³-hybridized carbons (Fsp3) is 0.118. The molecule has 0 spiro atoms. The van der Waals surface area contributed by atoms with E-state index in [1.807, 2.05) is 25.1 Å². The van der Waals surface area contributed by atoms with Crippen LogP contribution in [-0.4, -0.2) is 12.9 Å². The van der Waals surface area contributed by atoms with Crippen molar-refractivity contribution in [2.45, 2.75) is 6.92 Å². The van der Waals surface area contributed by atoms with Crippen molar-refractivity contribution in [3.63, 3.8) is 0 Å². The largest absolute Gasteiger partial charge is 0.497 e. The van der Waals surface area contributed by atoms with Crippen molar-refractivity contribution in [1.82, 2.24) is 0 Å². The summed E-state index contributed by atoms with van der Waals surface area (Å²) in [6.45, 7) is 1.94. The maximum atomic E-state index is 12.0. The molecular weight excluding hydrogens is 286 g/mol. The van der Waals surface area contributed by atoms with E-state index in [2.05, 4.69) is 5.32 Å². The fourth-order valence-electron chi connectivity index (χ4n) is 1.75. The maximum Gasteiger partial charge on any atom is 0.187 e. The molecule has 0 aromatic heterocycles. The van der Waals surface area contributed by atoms with Crippen molar-refractivity contribution in [3.8, 4) is 5.75 Å². The molecule has 0 saturated carbocycles. The van der Waals surface area contributed by atoms with Gasteiger partial charge in [-0.05, 0) is 48.9 Å². The molecule has 2 aromatic rings. The number of methoxy groups -OCH3 is 1. The van der Waals surface area contributed by atoms with Gasteiger partial charge < -0.3 is 10.1 Å². The van der Waals surface area contributed by atoms with E-state index in [0.29, 0.717) is 10.6 Å². The first-order chi connectivity index (χ1) is 10.1. The van der Waals surface area contributed by atoms with Crippen LogP contribution in [0.25, 0.3) is 0 Å². The molecule has 1 N–H and O–H groups in total. The van der Waals surface area contributed by atoms with Gasteiger partial charge in [-0.2, -0.15) is 0 Å². The first-order valence-electron chi connectivity index (χ1n) is 6.48.